The molecule has 1 rings (SSSR count). The molecule has 0 saturated carbocycles. The first-order chi connectivity index (χ1) is 8.82. The summed E-state index contributed by atoms with van der Waals surface area (Å²) in [5, 5.41) is 0. The summed E-state index contributed by atoms with van der Waals surface area (Å²) in [7, 11) is 6.82. The van der Waals surface area contributed by atoms with Crippen LogP contribution in [0.2, 0.25) is 0 Å². The van der Waals surface area contributed by atoms with Crippen LogP contribution in [0.25, 0.3) is 0 Å². The molecule has 0 bridgehead atoms. The summed E-state index contributed by atoms with van der Waals surface area (Å²) in [6, 6.07) is 3.66. The summed E-state index contributed by atoms with van der Waals surface area (Å²) in [6.45, 7) is 4.63. The maximum absolute atomic E-state index is 6.06. The summed E-state index contributed by atoms with van der Waals surface area (Å²) in [6.07, 6.45) is 0. The third kappa shape index (κ3) is 3.92. The summed E-state index contributed by atoms with van der Waals surface area (Å²) in [5.74, 6) is 2.09. The number of rotatable bonds is 6. The molecular formula is C14H24N2O3. The van der Waals surface area contributed by atoms with E-state index in [0.717, 1.165) is 5.69 Å². The summed E-state index contributed by atoms with van der Waals surface area (Å²) < 4.78 is 16.1. The van der Waals surface area contributed by atoms with Crippen LogP contribution in [0.15, 0.2) is 12.1 Å². The molecule has 0 fully saturated rings. The maximum Gasteiger partial charge on any atom is 0.149 e. The second kappa shape index (κ2) is 6.02. The summed E-state index contributed by atoms with van der Waals surface area (Å²) in [4.78, 5) is 2.02. The standard InChI is InChI=1S/C14H24N2O3/c1-14(2,15)9-16(3)13-11(18-5)7-10(17-4)8-12(13)19-6/h7-8H,9,15H2,1-6H3. The zero-order valence-electron chi connectivity index (χ0n) is 12.6. The predicted octanol–water partition coefficient (Wildman–Crippen LogP) is 1.89. The molecule has 5 heteroatoms. The number of hydrogen-bond donors (Lipinski definition) is 1. The van der Waals surface area contributed by atoms with Crippen LogP contribution in [0.1, 0.15) is 13.8 Å². The molecule has 1 aromatic rings. The van der Waals surface area contributed by atoms with Crippen LogP contribution in [0.5, 0.6) is 17.2 Å². The van der Waals surface area contributed by atoms with E-state index < -0.39 is 0 Å². The van der Waals surface area contributed by atoms with Gasteiger partial charge in [-0.25, -0.2) is 0 Å². The zero-order chi connectivity index (χ0) is 14.6. The van der Waals surface area contributed by atoms with Gasteiger partial charge in [0.15, 0.2) is 0 Å². The van der Waals surface area contributed by atoms with Crippen molar-refractivity contribution in [2.75, 3.05) is 39.8 Å². The van der Waals surface area contributed by atoms with E-state index >= 15 is 0 Å². The van der Waals surface area contributed by atoms with Gasteiger partial charge in [-0.05, 0) is 13.8 Å². The van der Waals surface area contributed by atoms with Gasteiger partial charge in [-0.2, -0.15) is 0 Å². The molecule has 0 spiro atoms. The number of methoxy groups -OCH3 is 3. The number of benzene rings is 1. The molecule has 0 radical (unpaired) electrons. The number of nitrogens with zero attached hydrogens (tertiary/aromatic N) is 1. The van der Waals surface area contributed by atoms with E-state index in [0.29, 0.717) is 23.8 Å². The Hall–Kier alpha value is -1.62. The van der Waals surface area contributed by atoms with Crippen LogP contribution < -0.4 is 24.8 Å². The molecule has 0 heterocycles. The lowest BCUT2D eigenvalue weighted by Gasteiger charge is -2.30. The van der Waals surface area contributed by atoms with Crippen molar-refractivity contribution in [1.29, 1.82) is 0 Å². The van der Waals surface area contributed by atoms with Crippen LogP contribution in [0.4, 0.5) is 5.69 Å². The van der Waals surface area contributed by atoms with Gasteiger partial charge in [-0.15, -0.1) is 0 Å². The van der Waals surface area contributed by atoms with Crippen LogP contribution in [0.3, 0.4) is 0 Å². The van der Waals surface area contributed by atoms with Gasteiger partial charge in [0.1, 0.15) is 22.9 Å². The average Bonchev–Trinajstić information content (AvgIpc) is 2.34. The lowest BCUT2D eigenvalue weighted by Crippen LogP contribution is -2.44. The molecule has 0 aliphatic heterocycles. The second-order valence-corrected chi connectivity index (χ2v) is 5.23. The van der Waals surface area contributed by atoms with Crippen LogP contribution in [-0.4, -0.2) is 40.5 Å². The smallest absolute Gasteiger partial charge is 0.149 e. The quantitative estimate of drug-likeness (QED) is 0.853. The minimum Gasteiger partial charge on any atom is -0.496 e. The van der Waals surface area contributed by atoms with Gasteiger partial charge in [-0.1, -0.05) is 0 Å². The van der Waals surface area contributed by atoms with Gasteiger partial charge in [0, 0.05) is 31.3 Å². The Morgan fingerprint density at radius 1 is 1.05 bits per heavy atom. The molecule has 0 atom stereocenters. The molecule has 0 unspecified atom stereocenters. The molecule has 0 aromatic heterocycles. The van der Waals surface area contributed by atoms with Crippen molar-refractivity contribution in [1.82, 2.24) is 0 Å². The molecule has 0 saturated heterocycles. The topological polar surface area (TPSA) is 57.0 Å². The zero-order valence-corrected chi connectivity index (χ0v) is 12.6. The van der Waals surface area contributed by atoms with Crippen molar-refractivity contribution in [3.05, 3.63) is 12.1 Å². The van der Waals surface area contributed by atoms with Crippen molar-refractivity contribution in [2.24, 2.45) is 5.73 Å². The maximum atomic E-state index is 6.06. The molecule has 5 nitrogen and oxygen atoms in total. The van der Waals surface area contributed by atoms with Crippen LogP contribution in [-0.2, 0) is 0 Å². The minimum atomic E-state index is -0.315. The Bertz CT molecular complexity index is 402. The van der Waals surface area contributed by atoms with Crippen molar-refractivity contribution >= 4 is 5.69 Å². The fraction of sp³-hybridized carbons (Fsp3) is 0.571. The predicted molar refractivity (Wildman–Crippen MR) is 77.6 cm³/mol. The van der Waals surface area contributed by atoms with E-state index in [1.165, 1.54) is 0 Å². The molecule has 0 aliphatic carbocycles. The summed E-state index contributed by atoms with van der Waals surface area (Å²) >= 11 is 0. The lowest BCUT2D eigenvalue weighted by atomic mass is 10.1. The van der Waals surface area contributed by atoms with Gasteiger partial charge in [0.05, 0.1) is 21.3 Å². The number of likely N-dealkylation sites (N-methyl/N-ethyl adjacent to an activating group) is 1. The van der Waals surface area contributed by atoms with Gasteiger partial charge in [0.2, 0.25) is 0 Å². The highest BCUT2D eigenvalue weighted by Gasteiger charge is 2.21. The van der Waals surface area contributed by atoms with Crippen LogP contribution in [0, 0.1) is 0 Å². The van der Waals surface area contributed by atoms with E-state index in [1.54, 1.807) is 21.3 Å². The Morgan fingerprint density at radius 3 is 1.84 bits per heavy atom. The second-order valence-electron chi connectivity index (χ2n) is 5.23. The highest BCUT2D eigenvalue weighted by atomic mass is 16.5. The Labute approximate surface area is 115 Å². The van der Waals surface area contributed by atoms with Gasteiger partial charge in [0.25, 0.3) is 0 Å². The van der Waals surface area contributed by atoms with E-state index in [-0.39, 0.29) is 5.54 Å². The first-order valence-corrected chi connectivity index (χ1v) is 6.12. The van der Waals surface area contributed by atoms with E-state index in [9.17, 15) is 0 Å². The largest absolute Gasteiger partial charge is 0.496 e. The van der Waals surface area contributed by atoms with Gasteiger partial charge < -0.3 is 24.8 Å². The SMILES string of the molecule is COc1cc(OC)c(N(C)CC(C)(C)N)c(OC)c1. The van der Waals surface area contributed by atoms with Crippen molar-refractivity contribution in [3.8, 4) is 17.2 Å². The van der Waals surface area contributed by atoms with Crippen molar-refractivity contribution in [3.63, 3.8) is 0 Å². The molecule has 1 aromatic carbocycles. The molecule has 0 aliphatic rings. The third-order valence-corrected chi connectivity index (χ3v) is 2.72. The Kier molecular flexibility index (Phi) is 4.89. The van der Waals surface area contributed by atoms with Gasteiger partial charge in [-0.3, -0.25) is 0 Å². The molecule has 108 valence electrons. The number of anilines is 1. The molecule has 0 amide bonds. The molecule has 19 heavy (non-hydrogen) atoms. The summed E-state index contributed by atoms with van der Waals surface area (Å²) in [5.41, 5.74) is 6.62. The average molecular weight is 268 g/mol. The number of ether oxygens (including phenoxy) is 3. The Balaban J connectivity index is 3.23. The first-order valence-electron chi connectivity index (χ1n) is 6.12. The highest BCUT2D eigenvalue weighted by Crippen LogP contribution is 2.41. The first kappa shape index (κ1) is 15.4. The molecular weight excluding hydrogens is 244 g/mol. The third-order valence-electron chi connectivity index (χ3n) is 2.72. The fourth-order valence-electron chi connectivity index (χ4n) is 2.05. The monoisotopic (exact) mass is 268 g/mol. The van der Waals surface area contributed by atoms with Crippen molar-refractivity contribution < 1.29 is 14.2 Å². The van der Waals surface area contributed by atoms with Crippen molar-refractivity contribution in [2.45, 2.75) is 19.4 Å². The van der Waals surface area contributed by atoms with E-state index in [2.05, 4.69) is 0 Å². The Morgan fingerprint density at radius 2 is 1.53 bits per heavy atom. The lowest BCUT2D eigenvalue weighted by molar-refractivity contribution is 0.374. The van der Waals surface area contributed by atoms with E-state index in [4.69, 9.17) is 19.9 Å². The normalized spacial score (nSPS) is 11.1. The van der Waals surface area contributed by atoms with Gasteiger partial charge >= 0.3 is 0 Å². The number of hydrogen-bond acceptors (Lipinski definition) is 5. The fourth-order valence-corrected chi connectivity index (χ4v) is 2.05. The van der Waals surface area contributed by atoms with E-state index in [1.807, 2.05) is 37.9 Å². The van der Waals surface area contributed by atoms with Crippen LogP contribution >= 0.6 is 0 Å². The highest BCUT2D eigenvalue weighted by molar-refractivity contribution is 5.70. The minimum absolute atomic E-state index is 0.315. The number of nitrogens with two attached hydrogens (primary N) is 1. The molecule has 2 N–H and O–H groups in total.